The number of hydrogen-bond donors (Lipinski definition) is 4. The van der Waals surface area contributed by atoms with Crippen molar-refractivity contribution in [3.63, 3.8) is 0 Å². The molecule has 1 spiro atoms. The number of likely N-dealkylation sites (N-methyl/N-ethyl adjacent to an activating group) is 1. The van der Waals surface area contributed by atoms with E-state index in [1.807, 2.05) is 11.9 Å². The van der Waals surface area contributed by atoms with Crippen molar-refractivity contribution in [2.24, 2.45) is 0 Å². The fraction of sp³-hybridized carbons (Fsp3) is 0.645. The molecule has 4 heterocycles. The number of nitrogens with one attached hydrogen (secondary N) is 2. The van der Waals surface area contributed by atoms with Crippen LogP contribution in [0.3, 0.4) is 0 Å². The third-order valence-corrected chi connectivity index (χ3v) is 13.0. The van der Waals surface area contributed by atoms with Gasteiger partial charge in [-0.1, -0.05) is 18.9 Å². The molecule has 3 fully saturated rings. The van der Waals surface area contributed by atoms with Crippen LogP contribution < -0.4 is 24.4 Å². The Morgan fingerprint density at radius 2 is 1.89 bits per heavy atom. The van der Waals surface area contributed by atoms with Crippen LogP contribution in [0.5, 0.6) is 11.6 Å². The molecule has 2 saturated heterocycles. The van der Waals surface area contributed by atoms with Crippen LogP contribution in [-0.2, 0) is 24.8 Å². The highest BCUT2D eigenvalue weighted by atomic mass is 32.2. The Balaban J connectivity index is 0.952. The molecule has 0 amide bonds. The SMILES string of the molecule is CN1CCOc2ncc(S(=O)(=O)N3CCC4(CC3)C[C@@H](NCC(O)COc3cccc(S(=O)(=O)N[C@@H]5CCCC[C@@H]5O)c3)CO4)cc21. The molecule has 260 valence electrons. The number of pyridine rings is 1. The highest BCUT2D eigenvalue weighted by Gasteiger charge is 2.45. The van der Waals surface area contributed by atoms with E-state index in [-0.39, 0.29) is 29.0 Å². The van der Waals surface area contributed by atoms with Gasteiger partial charge in [0.15, 0.2) is 0 Å². The van der Waals surface area contributed by atoms with Crippen molar-refractivity contribution in [1.29, 1.82) is 0 Å². The van der Waals surface area contributed by atoms with Crippen molar-refractivity contribution in [1.82, 2.24) is 19.3 Å². The summed E-state index contributed by atoms with van der Waals surface area (Å²) in [6, 6.07) is 7.19. The van der Waals surface area contributed by atoms with E-state index in [1.165, 1.54) is 22.6 Å². The molecule has 4 N–H and O–H groups in total. The Kier molecular flexibility index (Phi) is 10.3. The first-order chi connectivity index (χ1) is 22.4. The molecule has 1 unspecified atom stereocenters. The van der Waals surface area contributed by atoms with Crippen molar-refractivity contribution in [2.75, 3.05) is 57.9 Å². The van der Waals surface area contributed by atoms with Crippen LogP contribution >= 0.6 is 0 Å². The number of rotatable bonds is 11. The largest absolute Gasteiger partial charge is 0.491 e. The van der Waals surface area contributed by atoms with Gasteiger partial charge in [0.05, 0.1) is 35.9 Å². The number of anilines is 1. The number of aromatic nitrogens is 1. The van der Waals surface area contributed by atoms with Crippen LogP contribution in [0.1, 0.15) is 44.9 Å². The van der Waals surface area contributed by atoms with Crippen molar-refractivity contribution in [3.05, 3.63) is 36.5 Å². The van der Waals surface area contributed by atoms with E-state index in [4.69, 9.17) is 14.2 Å². The molecule has 4 atom stereocenters. The molecule has 1 aliphatic carbocycles. The van der Waals surface area contributed by atoms with Gasteiger partial charge in [-0.25, -0.2) is 26.5 Å². The number of hydrogen-bond acceptors (Lipinski definition) is 12. The molecule has 2 aromatic rings. The molecule has 47 heavy (non-hydrogen) atoms. The summed E-state index contributed by atoms with van der Waals surface area (Å²) in [5.74, 6) is 0.752. The van der Waals surface area contributed by atoms with E-state index in [2.05, 4.69) is 15.0 Å². The van der Waals surface area contributed by atoms with Crippen LogP contribution in [0.2, 0.25) is 0 Å². The number of nitrogens with zero attached hydrogens (tertiary/aromatic N) is 3. The number of sulfonamides is 2. The molecular formula is C31H45N5O9S2. The number of benzene rings is 1. The average molecular weight is 696 g/mol. The van der Waals surface area contributed by atoms with E-state index < -0.39 is 43.9 Å². The first-order valence-electron chi connectivity index (χ1n) is 16.3. The topological polar surface area (TPSA) is 180 Å². The van der Waals surface area contributed by atoms with Crippen molar-refractivity contribution in [2.45, 2.75) is 84.6 Å². The minimum atomic E-state index is -3.84. The summed E-state index contributed by atoms with van der Waals surface area (Å²) in [5.41, 5.74) is 0.234. The van der Waals surface area contributed by atoms with Gasteiger partial charge in [0.1, 0.15) is 35.7 Å². The first-order valence-corrected chi connectivity index (χ1v) is 19.2. The molecule has 1 aromatic carbocycles. The maximum atomic E-state index is 13.4. The lowest BCUT2D eigenvalue weighted by Crippen LogP contribution is -2.47. The fourth-order valence-corrected chi connectivity index (χ4v) is 9.50. The summed E-state index contributed by atoms with van der Waals surface area (Å²) in [7, 11) is -5.69. The average Bonchev–Trinajstić information content (AvgIpc) is 3.46. The molecule has 3 aliphatic heterocycles. The van der Waals surface area contributed by atoms with E-state index in [0.717, 1.165) is 12.8 Å². The molecule has 1 saturated carbocycles. The predicted molar refractivity (Wildman–Crippen MR) is 173 cm³/mol. The number of aliphatic hydroxyl groups excluding tert-OH is 2. The van der Waals surface area contributed by atoms with Gasteiger partial charge in [-0.3, -0.25) is 0 Å². The second-order valence-electron chi connectivity index (χ2n) is 13.0. The second-order valence-corrected chi connectivity index (χ2v) is 16.6. The smallest absolute Gasteiger partial charge is 0.244 e. The summed E-state index contributed by atoms with van der Waals surface area (Å²) >= 11 is 0. The van der Waals surface area contributed by atoms with Crippen LogP contribution in [0.4, 0.5) is 5.69 Å². The van der Waals surface area contributed by atoms with Gasteiger partial charge >= 0.3 is 0 Å². The molecule has 4 aliphatic rings. The number of aliphatic hydroxyl groups is 2. The lowest BCUT2D eigenvalue weighted by molar-refractivity contribution is -0.0312. The maximum absolute atomic E-state index is 13.4. The minimum absolute atomic E-state index is 0.0112. The van der Waals surface area contributed by atoms with E-state index >= 15 is 0 Å². The van der Waals surface area contributed by atoms with Gasteiger partial charge in [-0.2, -0.15) is 4.31 Å². The van der Waals surface area contributed by atoms with Crippen LogP contribution in [0, 0.1) is 0 Å². The Morgan fingerprint density at radius 3 is 2.68 bits per heavy atom. The highest BCUT2D eigenvalue weighted by Crippen LogP contribution is 2.38. The maximum Gasteiger partial charge on any atom is 0.244 e. The molecule has 16 heteroatoms. The zero-order valence-corrected chi connectivity index (χ0v) is 28.2. The summed E-state index contributed by atoms with van der Waals surface area (Å²) in [4.78, 5) is 6.37. The van der Waals surface area contributed by atoms with Crippen molar-refractivity contribution in [3.8, 4) is 11.6 Å². The monoisotopic (exact) mass is 695 g/mol. The number of piperidine rings is 1. The van der Waals surface area contributed by atoms with E-state index in [1.54, 1.807) is 18.2 Å². The second kappa shape index (κ2) is 14.1. The minimum Gasteiger partial charge on any atom is -0.491 e. The number of fused-ring (bicyclic) bond motifs is 1. The fourth-order valence-electron chi connectivity index (χ4n) is 6.76. The van der Waals surface area contributed by atoms with Crippen LogP contribution in [-0.4, -0.2) is 119 Å². The van der Waals surface area contributed by atoms with Gasteiger partial charge < -0.3 is 34.6 Å². The zero-order chi connectivity index (χ0) is 33.2. The Morgan fingerprint density at radius 1 is 1.11 bits per heavy atom. The standard InChI is InChI=1S/C31H45N5O9S2/c1-35-13-14-43-30-28(35)16-26(19-33-30)47(41,42)36-11-9-31(10-12-36)17-22(20-45-31)32-18-23(37)21-44-24-5-4-6-25(15-24)46(39,40)34-27-7-2-3-8-29(27)38/h4-6,15-16,19,22-23,27,29,32,34,37-38H,2-3,7-14,17-18,20-21H2,1H3/t22-,23?,27-,29+/m1/s1. The van der Waals surface area contributed by atoms with Crippen LogP contribution in [0.15, 0.2) is 46.3 Å². The Bertz CT molecular complexity index is 1620. The highest BCUT2D eigenvalue weighted by molar-refractivity contribution is 7.89. The quantitative estimate of drug-likeness (QED) is 0.261. The Hall–Kier alpha value is -2.57. The van der Waals surface area contributed by atoms with Gasteiger partial charge in [0.2, 0.25) is 25.9 Å². The van der Waals surface area contributed by atoms with Crippen LogP contribution in [0.25, 0.3) is 0 Å². The molecule has 0 bridgehead atoms. The lowest BCUT2D eigenvalue weighted by atomic mass is 9.88. The molecule has 1 aromatic heterocycles. The molecule has 14 nitrogen and oxygen atoms in total. The van der Waals surface area contributed by atoms with Crippen molar-refractivity contribution >= 4 is 25.7 Å². The van der Waals surface area contributed by atoms with Gasteiger partial charge in [-0.15, -0.1) is 0 Å². The molecule has 6 rings (SSSR count). The third-order valence-electron chi connectivity index (χ3n) is 9.60. The summed E-state index contributed by atoms with van der Waals surface area (Å²) in [5, 5.41) is 24.1. The zero-order valence-electron chi connectivity index (χ0n) is 26.6. The normalized spacial score (nSPS) is 25.7. The van der Waals surface area contributed by atoms with E-state index in [0.29, 0.717) is 82.3 Å². The summed E-state index contributed by atoms with van der Waals surface area (Å²) in [6.45, 7) is 2.48. The van der Waals surface area contributed by atoms with Gasteiger partial charge in [0.25, 0.3) is 0 Å². The molecular weight excluding hydrogens is 651 g/mol. The van der Waals surface area contributed by atoms with Gasteiger partial charge in [0, 0.05) is 44.8 Å². The molecule has 0 radical (unpaired) electrons. The van der Waals surface area contributed by atoms with Gasteiger partial charge in [-0.05, 0) is 50.3 Å². The van der Waals surface area contributed by atoms with E-state index in [9.17, 15) is 27.0 Å². The summed E-state index contributed by atoms with van der Waals surface area (Å²) in [6.07, 6.45) is 4.52. The lowest BCUT2D eigenvalue weighted by Gasteiger charge is -2.38. The first kappa shape index (κ1) is 34.3. The summed E-state index contributed by atoms with van der Waals surface area (Å²) < 4.78 is 74.3. The van der Waals surface area contributed by atoms with Crippen molar-refractivity contribution < 1.29 is 41.3 Å². The predicted octanol–water partition coefficient (Wildman–Crippen LogP) is 0.834. The third kappa shape index (κ3) is 7.85. The Labute approximate surface area is 276 Å². The number of ether oxygens (including phenoxy) is 3.